The topological polar surface area (TPSA) is 46.2 Å². The first-order chi connectivity index (χ1) is 7.60. The highest BCUT2D eigenvalue weighted by Crippen LogP contribution is 2.30. The lowest BCUT2D eigenvalue weighted by atomic mass is 9.92. The molecule has 0 fully saturated rings. The van der Waals surface area contributed by atoms with Gasteiger partial charge in [-0.2, -0.15) is 0 Å². The molecule has 2 nitrogen and oxygen atoms in total. The predicted molar refractivity (Wildman–Crippen MR) is 71.6 cm³/mol. The Labute approximate surface area is 110 Å². The van der Waals surface area contributed by atoms with Crippen LogP contribution in [0.3, 0.4) is 0 Å². The van der Waals surface area contributed by atoms with Crippen molar-refractivity contribution in [2.24, 2.45) is 11.7 Å². The van der Waals surface area contributed by atoms with Crippen molar-refractivity contribution in [3.05, 3.63) is 33.3 Å². The standard InChI is InChI=1S/C12H17BrClNO/c1-2-3-9(7-15)12(16)8-4-5-11(14)10(13)6-8/h4-6,9,12,16H,2-3,7,15H2,1H3. The SMILES string of the molecule is CCCC(CN)C(O)c1ccc(Cl)c(Br)c1. The van der Waals surface area contributed by atoms with Gasteiger partial charge in [-0.05, 0) is 46.6 Å². The molecule has 4 heteroatoms. The third kappa shape index (κ3) is 3.45. The fourth-order valence-corrected chi connectivity index (χ4v) is 2.26. The van der Waals surface area contributed by atoms with Gasteiger partial charge in [0.2, 0.25) is 0 Å². The molecule has 1 rings (SSSR count). The summed E-state index contributed by atoms with van der Waals surface area (Å²) >= 11 is 9.26. The van der Waals surface area contributed by atoms with Crippen LogP contribution in [0.25, 0.3) is 0 Å². The summed E-state index contributed by atoms with van der Waals surface area (Å²) in [5.41, 5.74) is 6.53. The average Bonchev–Trinajstić information content (AvgIpc) is 2.28. The molecule has 0 spiro atoms. The molecule has 0 saturated heterocycles. The Morgan fingerprint density at radius 3 is 2.69 bits per heavy atom. The van der Waals surface area contributed by atoms with Gasteiger partial charge in [-0.3, -0.25) is 0 Å². The summed E-state index contributed by atoms with van der Waals surface area (Å²) in [5.74, 6) is 0.109. The summed E-state index contributed by atoms with van der Waals surface area (Å²) < 4.78 is 0.804. The fourth-order valence-electron chi connectivity index (χ4n) is 1.74. The number of aliphatic hydroxyl groups excluding tert-OH is 1. The van der Waals surface area contributed by atoms with Gasteiger partial charge < -0.3 is 10.8 Å². The Bertz CT molecular complexity index is 346. The fraction of sp³-hybridized carbons (Fsp3) is 0.500. The largest absolute Gasteiger partial charge is 0.388 e. The van der Waals surface area contributed by atoms with Crippen molar-refractivity contribution >= 4 is 27.5 Å². The Hall–Kier alpha value is -0.0900. The van der Waals surface area contributed by atoms with E-state index in [1.807, 2.05) is 12.1 Å². The minimum Gasteiger partial charge on any atom is -0.388 e. The summed E-state index contributed by atoms with van der Waals surface area (Å²) in [4.78, 5) is 0. The number of halogens is 2. The zero-order valence-electron chi connectivity index (χ0n) is 9.29. The molecule has 0 bridgehead atoms. The van der Waals surface area contributed by atoms with Crippen LogP contribution in [-0.4, -0.2) is 11.7 Å². The van der Waals surface area contributed by atoms with E-state index in [1.165, 1.54) is 0 Å². The van der Waals surface area contributed by atoms with Crippen molar-refractivity contribution < 1.29 is 5.11 Å². The lowest BCUT2D eigenvalue weighted by Crippen LogP contribution is -2.21. The molecule has 3 N–H and O–H groups in total. The zero-order chi connectivity index (χ0) is 12.1. The van der Waals surface area contributed by atoms with Crippen molar-refractivity contribution in [2.75, 3.05) is 6.54 Å². The normalized spacial score (nSPS) is 14.8. The average molecular weight is 307 g/mol. The molecule has 0 aliphatic carbocycles. The van der Waals surface area contributed by atoms with E-state index in [2.05, 4.69) is 22.9 Å². The zero-order valence-corrected chi connectivity index (χ0v) is 11.6. The monoisotopic (exact) mass is 305 g/mol. The predicted octanol–water partition coefficient (Wildman–Crippen LogP) is 3.51. The van der Waals surface area contributed by atoms with Crippen LogP contribution < -0.4 is 5.73 Å². The second kappa shape index (κ2) is 6.60. The van der Waals surface area contributed by atoms with Crippen LogP contribution in [0.1, 0.15) is 31.4 Å². The van der Waals surface area contributed by atoms with Crippen molar-refractivity contribution in [2.45, 2.75) is 25.9 Å². The van der Waals surface area contributed by atoms with Crippen molar-refractivity contribution in [3.8, 4) is 0 Å². The Morgan fingerprint density at radius 1 is 1.50 bits per heavy atom. The first-order valence-electron chi connectivity index (χ1n) is 5.43. The van der Waals surface area contributed by atoms with E-state index in [-0.39, 0.29) is 5.92 Å². The van der Waals surface area contributed by atoms with Crippen LogP contribution in [0, 0.1) is 5.92 Å². The van der Waals surface area contributed by atoms with E-state index in [4.69, 9.17) is 17.3 Å². The van der Waals surface area contributed by atoms with E-state index >= 15 is 0 Å². The van der Waals surface area contributed by atoms with E-state index in [0.29, 0.717) is 11.6 Å². The molecule has 2 atom stereocenters. The van der Waals surface area contributed by atoms with Gasteiger partial charge in [-0.1, -0.05) is 31.0 Å². The second-order valence-corrected chi connectivity index (χ2v) is 5.16. The van der Waals surface area contributed by atoms with Crippen LogP contribution in [-0.2, 0) is 0 Å². The summed E-state index contributed by atoms with van der Waals surface area (Å²) in [7, 11) is 0. The van der Waals surface area contributed by atoms with E-state index < -0.39 is 6.10 Å². The molecule has 2 unspecified atom stereocenters. The van der Waals surface area contributed by atoms with Gasteiger partial charge in [0.15, 0.2) is 0 Å². The molecule has 0 amide bonds. The minimum atomic E-state index is -0.515. The summed E-state index contributed by atoms with van der Waals surface area (Å²) in [5, 5.41) is 10.8. The minimum absolute atomic E-state index is 0.109. The number of rotatable bonds is 5. The van der Waals surface area contributed by atoms with Gasteiger partial charge in [0.05, 0.1) is 11.1 Å². The first-order valence-corrected chi connectivity index (χ1v) is 6.60. The molecule has 1 aromatic carbocycles. The van der Waals surface area contributed by atoms with Crippen LogP contribution in [0.4, 0.5) is 0 Å². The second-order valence-electron chi connectivity index (χ2n) is 3.90. The van der Waals surface area contributed by atoms with Crippen molar-refractivity contribution in [1.82, 2.24) is 0 Å². The van der Waals surface area contributed by atoms with Gasteiger partial charge >= 0.3 is 0 Å². The molecular formula is C12H17BrClNO. The van der Waals surface area contributed by atoms with Crippen LogP contribution in [0.15, 0.2) is 22.7 Å². The Kier molecular flexibility index (Phi) is 5.76. The molecule has 90 valence electrons. The molecule has 0 saturated carbocycles. The van der Waals surface area contributed by atoms with Crippen LogP contribution in [0.5, 0.6) is 0 Å². The van der Waals surface area contributed by atoms with E-state index in [0.717, 1.165) is 22.9 Å². The van der Waals surface area contributed by atoms with E-state index in [9.17, 15) is 5.11 Å². The highest BCUT2D eigenvalue weighted by molar-refractivity contribution is 9.10. The van der Waals surface area contributed by atoms with Crippen LogP contribution >= 0.6 is 27.5 Å². The van der Waals surface area contributed by atoms with Gasteiger partial charge in [0, 0.05) is 10.4 Å². The Balaban J connectivity index is 2.85. The molecule has 0 heterocycles. The highest BCUT2D eigenvalue weighted by atomic mass is 79.9. The quantitative estimate of drug-likeness (QED) is 0.874. The van der Waals surface area contributed by atoms with E-state index in [1.54, 1.807) is 6.07 Å². The smallest absolute Gasteiger partial charge is 0.0830 e. The molecule has 16 heavy (non-hydrogen) atoms. The number of hydrogen-bond donors (Lipinski definition) is 2. The molecule has 0 aliphatic rings. The number of nitrogens with two attached hydrogens (primary N) is 1. The number of benzene rings is 1. The summed E-state index contributed by atoms with van der Waals surface area (Å²) in [6.07, 6.45) is 1.43. The summed E-state index contributed by atoms with van der Waals surface area (Å²) in [6, 6.07) is 5.48. The van der Waals surface area contributed by atoms with Crippen molar-refractivity contribution in [1.29, 1.82) is 0 Å². The van der Waals surface area contributed by atoms with Crippen molar-refractivity contribution in [3.63, 3.8) is 0 Å². The highest BCUT2D eigenvalue weighted by Gasteiger charge is 2.19. The molecule has 1 aromatic rings. The maximum atomic E-state index is 10.2. The number of hydrogen-bond acceptors (Lipinski definition) is 2. The molecule has 0 aromatic heterocycles. The van der Waals surface area contributed by atoms with Gasteiger partial charge in [-0.15, -0.1) is 0 Å². The molecular weight excluding hydrogens is 289 g/mol. The lowest BCUT2D eigenvalue weighted by Gasteiger charge is -2.21. The molecule has 0 radical (unpaired) electrons. The lowest BCUT2D eigenvalue weighted by molar-refractivity contribution is 0.107. The van der Waals surface area contributed by atoms with Gasteiger partial charge in [0.1, 0.15) is 0 Å². The maximum absolute atomic E-state index is 10.2. The van der Waals surface area contributed by atoms with Gasteiger partial charge in [-0.25, -0.2) is 0 Å². The molecule has 0 aliphatic heterocycles. The first kappa shape index (κ1) is 14.0. The number of aliphatic hydroxyl groups is 1. The third-order valence-corrected chi connectivity index (χ3v) is 3.91. The maximum Gasteiger partial charge on any atom is 0.0830 e. The third-order valence-electron chi connectivity index (χ3n) is 2.69. The Morgan fingerprint density at radius 2 is 2.19 bits per heavy atom. The summed E-state index contributed by atoms with van der Waals surface area (Å²) in [6.45, 7) is 2.59. The van der Waals surface area contributed by atoms with Crippen LogP contribution in [0.2, 0.25) is 5.02 Å². The van der Waals surface area contributed by atoms with Gasteiger partial charge in [0.25, 0.3) is 0 Å².